The van der Waals surface area contributed by atoms with E-state index >= 15 is 0 Å². The fourth-order valence-electron chi connectivity index (χ4n) is 1.55. The minimum absolute atomic E-state index is 0.829. The molecule has 0 saturated heterocycles. The first kappa shape index (κ1) is 14.8. The second kappa shape index (κ2) is 7.24. The molecule has 0 amide bonds. The minimum atomic E-state index is -3.45. The summed E-state index contributed by atoms with van der Waals surface area (Å²) >= 11 is -1.10. The van der Waals surface area contributed by atoms with Gasteiger partial charge in [-0.05, 0) is 0 Å². The summed E-state index contributed by atoms with van der Waals surface area (Å²) in [5, 5.41) is 31.0. The zero-order valence-electron chi connectivity index (χ0n) is 14.2. The van der Waals surface area contributed by atoms with Crippen LogP contribution >= 0.6 is 0 Å². The number of ketones is 2. The molecule has 0 heterocycles. The molecule has 0 aromatic rings. The average molecular weight is 372 g/mol. The van der Waals surface area contributed by atoms with Gasteiger partial charge in [-0.1, -0.05) is 0 Å². The van der Waals surface area contributed by atoms with E-state index in [0.717, 1.165) is 0 Å². The monoisotopic (exact) mass is 373 g/mol. The zero-order chi connectivity index (χ0) is 19.1. The summed E-state index contributed by atoms with van der Waals surface area (Å²) in [6.45, 7) is -4.30. The normalized spacial score (nSPS) is 19.9. The molecule has 3 atom stereocenters. The Morgan fingerprint density at radius 2 is 1.76 bits per heavy atom. The summed E-state index contributed by atoms with van der Waals surface area (Å²) in [6.07, 6.45) is -2.42. The van der Waals surface area contributed by atoms with Crippen molar-refractivity contribution in [1.29, 1.82) is 0 Å². The Bertz CT molecular complexity index is 499. The quantitative estimate of drug-likeness (QED) is 0.249. The molecule has 3 N–H and O–H groups in total. The molecular formula is C12H18O8Se. The van der Waals surface area contributed by atoms with Gasteiger partial charge in [-0.25, -0.2) is 0 Å². The SMILES string of the molecule is [2H]CC(=O)OC[C@@H](O)[C@](O)(C(=O)C[2H])[C@](O)(C(=O)C[2H])C(=O)[Se]C. The van der Waals surface area contributed by atoms with Crippen LogP contribution in [0.2, 0.25) is 5.82 Å². The van der Waals surface area contributed by atoms with Gasteiger partial charge in [0, 0.05) is 0 Å². The molecule has 0 aromatic carbocycles. The van der Waals surface area contributed by atoms with E-state index in [2.05, 4.69) is 4.74 Å². The number of hydrogen-bond donors (Lipinski definition) is 3. The Balaban J connectivity index is 6.09. The third kappa shape index (κ3) is 3.56. The van der Waals surface area contributed by atoms with Crippen LogP contribution < -0.4 is 0 Å². The molecule has 0 aliphatic rings. The van der Waals surface area contributed by atoms with Crippen LogP contribution in [0.4, 0.5) is 0 Å². The molecule has 0 aliphatic heterocycles. The van der Waals surface area contributed by atoms with Crippen molar-refractivity contribution in [2.75, 3.05) is 6.61 Å². The summed E-state index contributed by atoms with van der Waals surface area (Å²) in [5.41, 5.74) is -6.89. The molecule has 0 saturated carbocycles. The number of aliphatic hydroxyl groups excluding tert-OH is 1. The van der Waals surface area contributed by atoms with Gasteiger partial charge in [0.15, 0.2) is 0 Å². The van der Waals surface area contributed by atoms with Crippen LogP contribution in [0.1, 0.15) is 24.8 Å². The Morgan fingerprint density at radius 3 is 2.19 bits per heavy atom. The predicted molar refractivity (Wildman–Crippen MR) is 70.5 cm³/mol. The van der Waals surface area contributed by atoms with Crippen molar-refractivity contribution < 1.29 is 43.3 Å². The van der Waals surface area contributed by atoms with Crippen LogP contribution in [-0.2, 0) is 23.9 Å². The molecule has 0 unspecified atom stereocenters. The van der Waals surface area contributed by atoms with Crippen molar-refractivity contribution in [3.63, 3.8) is 0 Å². The van der Waals surface area contributed by atoms with Gasteiger partial charge in [-0.3, -0.25) is 0 Å². The number of aliphatic hydroxyl groups is 3. The molecule has 0 spiro atoms. The van der Waals surface area contributed by atoms with E-state index in [4.69, 9.17) is 4.11 Å². The number of esters is 1. The van der Waals surface area contributed by atoms with Crippen molar-refractivity contribution in [2.24, 2.45) is 0 Å². The molecule has 9 heteroatoms. The van der Waals surface area contributed by atoms with E-state index in [0.29, 0.717) is 0 Å². The second-order valence-corrected chi connectivity index (χ2v) is 5.65. The fourth-order valence-corrected chi connectivity index (χ4v) is 2.74. The number of carbonyl (C=O) groups is 4. The Hall–Kier alpha value is -1.12. The molecule has 0 aromatic heterocycles. The van der Waals surface area contributed by atoms with Gasteiger partial charge >= 0.3 is 131 Å². The van der Waals surface area contributed by atoms with Gasteiger partial charge < -0.3 is 0 Å². The Kier molecular flexibility index (Phi) is 5.10. The van der Waals surface area contributed by atoms with Crippen LogP contribution in [0.5, 0.6) is 0 Å². The van der Waals surface area contributed by atoms with E-state index in [1.165, 1.54) is 5.82 Å². The van der Waals surface area contributed by atoms with Gasteiger partial charge in [0.25, 0.3) is 0 Å². The van der Waals surface area contributed by atoms with Crippen LogP contribution in [0.15, 0.2) is 0 Å². The van der Waals surface area contributed by atoms with Gasteiger partial charge in [0.1, 0.15) is 0 Å². The topological polar surface area (TPSA) is 138 Å². The maximum atomic E-state index is 12.1. The van der Waals surface area contributed by atoms with E-state index in [-0.39, 0.29) is 0 Å². The van der Waals surface area contributed by atoms with Gasteiger partial charge in [-0.15, -0.1) is 0 Å². The molecule has 0 fully saturated rings. The average Bonchev–Trinajstić information content (AvgIpc) is 2.61. The van der Waals surface area contributed by atoms with E-state index in [1.54, 1.807) is 0 Å². The van der Waals surface area contributed by atoms with Crippen molar-refractivity contribution in [3.05, 3.63) is 0 Å². The fraction of sp³-hybridized carbons (Fsp3) is 0.667. The summed E-state index contributed by atoms with van der Waals surface area (Å²) in [4.78, 5) is 46.9. The van der Waals surface area contributed by atoms with Crippen molar-refractivity contribution in [3.8, 4) is 0 Å². The number of rotatable bonds is 8. The number of Topliss-reactive ketones (excluding diaryl/α,β-unsaturated/α-hetero) is 2. The predicted octanol–water partition coefficient (Wildman–Crippen LogP) is -2.17. The molecule has 0 radical (unpaired) electrons. The van der Waals surface area contributed by atoms with Crippen LogP contribution in [0.3, 0.4) is 0 Å². The number of ether oxygens (including phenoxy) is 1. The number of hydrogen-bond acceptors (Lipinski definition) is 8. The first-order chi connectivity index (χ1) is 11.1. The van der Waals surface area contributed by atoms with Gasteiger partial charge in [0.05, 0.1) is 0 Å². The third-order valence-corrected chi connectivity index (χ3v) is 4.14. The zero-order valence-corrected chi connectivity index (χ0v) is 12.9. The second-order valence-electron chi connectivity index (χ2n) is 4.01. The van der Waals surface area contributed by atoms with E-state index in [1.807, 2.05) is 0 Å². The number of carbonyl (C=O) groups excluding carboxylic acids is 4. The third-order valence-electron chi connectivity index (χ3n) is 2.75. The van der Waals surface area contributed by atoms with Crippen LogP contribution in [-0.4, -0.2) is 76.4 Å². The van der Waals surface area contributed by atoms with E-state index < -0.39 is 81.8 Å². The summed E-state index contributed by atoms with van der Waals surface area (Å²) < 4.78 is 24.0. The molecule has 0 bridgehead atoms. The molecule has 0 rings (SSSR count). The molecule has 21 heavy (non-hydrogen) atoms. The van der Waals surface area contributed by atoms with Crippen molar-refractivity contribution in [2.45, 2.75) is 43.8 Å². The van der Waals surface area contributed by atoms with Gasteiger partial charge in [0.2, 0.25) is 0 Å². The summed E-state index contributed by atoms with van der Waals surface area (Å²) in [5.74, 6) is -2.95. The van der Waals surface area contributed by atoms with Crippen molar-refractivity contribution >= 4 is 37.2 Å². The first-order valence-corrected chi connectivity index (χ1v) is 7.95. The maximum absolute atomic E-state index is 12.1. The summed E-state index contributed by atoms with van der Waals surface area (Å²) in [6, 6.07) is 0. The van der Waals surface area contributed by atoms with Crippen LogP contribution in [0.25, 0.3) is 0 Å². The van der Waals surface area contributed by atoms with Crippen molar-refractivity contribution in [1.82, 2.24) is 0 Å². The molecule has 0 aliphatic carbocycles. The van der Waals surface area contributed by atoms with Crippen LogP contribution in [0, 0.1) is 0 Å². The Morgan fingerprint density at radius 1 is 1.19 bits per heavy atom. The van der Waals surface area contributed by atoms with E-state index in [9.17, 15) is 34.5 Å². The molecular weight excluding hydrogens is 351 g/mol. The molecule has 8 nitrogen and oxygen atoms in total. The summed E-state index contributed by atoms with van der Waals surface area (Å²) in [7, 11) is 0. The van der Waals surface area contributed by atoms with Gasteiger partial charge in [-0.2, -0.15) is 0 Å². The standard InChI is InChI=1S/C12H18O8Se/c1-6(13)11(18,9(16)5-20-8(3)15)12(19,7(2)14)10(17)21-4/h9,16,18-19H,5H2,1-4H3/t9-,11-,12+/m1/s1/i1D,2D,3D. The Labute approximate surface area is 131 Å². The molecule has 120 valence electrons. The first-order valence-electron chi connectivity index (χ1n) is 7.51.